The van der Waals surface area contributed by atoms with Crippen LogP contribution in [0.2, 0.25) is 0 Å². The van der Waals surface area contributed by atoms with Gasteiger partial charge in [0.15, 0.2) is 0 Å². The number of rotatable bonds is 6. The molecule has 0 spiro atoms. The molecule has 29 heavy (non-hydrogen) atoms. The molecule has 4 N–H and O–H groups in total. The van der Waals surface area contributed by atoms with Crippen LogP contribution in [-0.2, 0) is 7.05 Å². The van der Waals surface area contributed by atoms with E-state index in [2.05, 4.69) is 31.1 Å². The van der Waals surface area contributed by atoms with E-state index in [1.54, 1.807) is 18.2 Å². The van der Waals surface area contributed by atoms with Crippen LogP contribution in [0.25, 0.3) is 11.0 Å². The minimum Gasteiger partial charge on any atom is -0.372 e. The topological polar surface area (TPSA) is 120 Å². The molecule has 0 aliphatic rings. The van der Waals surface area contributed by atoms with Crippen LogP contribution in [0.15, 0.2) is 58.1 Å². The van der Waals surface area contributed by atoms with E-state index in [0.29, 0.717) is 16.7 Å². The molecule has 2 aromatic heterocycles. The molecule has 0 bridgehead atoms. The molecule has 2 heterocycles. The lowest BCUT2D eigenvalue weighted by Gasteiger charge is -2.21. The van der Waals surface area contributed by atoms with Crippen molar-refractivity contribution in [1.82, 2.24) is 25.2 Å². The monoisotopic (exact) mass is 391 g/mol. The molecule has 0 saturated carbocycles. The third-order valence-electron chi connectivity index (χ3n) is 4.80. The molecule has 0 aliphatic heterocycles. The molecule has 4 aromatic rings. The van der Waals surface area contributed by atoms with Crippen molar-refractivity contribution in [3.8, 4) is 0 Å². The van der Waals surface area contributed by atoms with Gasteiger partial charge in [0.2, 0.25) is 0 Å². The van der Waals surface area contributed by atoms with Crippen molar-refractivity contribution < 1.29 is 0 Å². The number of aromatic nitrogens is 5. The van der Waals surface area contributed by atoms with Crippen molar-refractivity contribution in [2.24, 2.45) is 7.05 Å². The normalized spacial score (nSPS) is 12.1. The van der Waals surface area contributed by atoms with Crippen molar-refractivity contribution >= 4 is 28.1 Å². The molecule has 0 radical (unpaired) electrons. The molecule has 4 rings (SSSR count). The van der Waals surface area contributed by atoms with Crippen LogP contribution < -0.4 is 21.8 Å². The lowest BCUT2D eigenvalue weighted by Crippen LogP contribution is -2.32. The molecule has 9 heteroatoms. The largest absolute Gasteiger partial charge is 0.372 e. The Morgan fingerprint density at radius 1 is 1.03 bits per heavy atom. The third kappa shape index (κ3) is 3.49. The van der Waals surface area contributed by atoms with Gasteiger partial charge in [0, 0.05) is 7.05 Å². The second-order valence-corrected chi connectivity index (χ2v) is 6.69. The van der Waals surface area contributed by atoms with E-state index in [1.165, 1.54) is 11.7 Å². The summed E-state index contributed by atoms with van der Waals surface area (Å²) in [6.45, 7) is 2.02. The minimum atomic E-state index is -0.419. The van der Waals surface area contributed by atoms with Crippen LogP contribution in [0.4, 0.5) is 17.1 Å². The van der Waals surface area contributed by atoms with Crippen LogP contribution in [0.1, 0.15) is 24.9 Å². The molecular formula is C20H21N7O2. The Morgan fingerprint density at radius 3 is 2.59 bits per heavy atom. The molecule has 9 nitrogen and oxygen atoms in total. The molecular weight excluding hydrogens is 370 g/mol. The summed E-state index contributed by atoms with van der Waals surface area (Å²) in [5.74, 6) is 0. The number of hydrogen-bond donors (Lipinski definition) is 4. The average Bonchev–Trinajstić information content (AvgIpc) is 3.22. The van der Waals surface area contributed by atoms with Gasteiger partial charge in [-0.15, -0.1) is 0 Å². The van der Waals surface area contributed by atoms with Gasteiger partial charge in [-0.05, 0) is 24.1 Å². The summed E-state index contributed by atoms with van der Waals surface area (Å²) in [4.78, 5) is 25.6. The van der Waals surface area contributed by atoms with Crippen LogP contribution in [0.5, 0.6) is 0 Å². The Bertz CT molecular complexity index is 1260. The lowest BCUT2D eigenvalue weighted by molar-refractivity contribution is 0.685. The molecule has 0 fully saturated rings. The van der Waals surface area contributed by atoms with Crippen LogP contribution in [0, 0.1) is 0 Å². The summed E-state index contributed by atoms with van der Waals surface area (Å²) in [5.41, 5.74) is 2.42. The lowest BCUT2D eigenvalue weighted by atomic mass is 10.0. The van der Waals surface area contributed by atoms with Gasteiger partial charge >= 0.3 is 0 Å². The zero-order chi connectivity index (χ0) is 20.4. The summed E-state index contributed by atoms with van der Waals surface area (Å²) in [5, 5.41) is 19.6. The van der Waals surface area contributed by atoms with E-state index in [-0.39, 0.29) is 23.0 Å². The highest BCUT2D eigenvalue weighted by Gasteiger charge is 2.19. The first-order chi connectivity index (χ1) is 14.1. The smallest absolute Gasteiger partial charge is 0.290 e. The average molecular weight is 391 g/mol. The fraction of sp³-hybridized carbons (Fsp3) is 0.200. The first-order valence-corrected chi connectivity index (χ1v) is 9.29. The number of H-pyrrole nitrogens is 2. The van der Waals surface area contributed by atoms with E-state index in [9.17, 15) is 9.59 Å². The van der Waals surface area contributed by atoms with Gasteiger partial charge in [0.05, 0.1) is 11.7 Å². The third-order valence-corrected chi connectivity index (χ3v) is 4.80. The zero-order valence-corrected chi connectivity index (χ0v) is 16.1. The maximum Gasteiger partial charge on any atom is 0.290 e. The van der Waals surface area contributed by atoms with Gasteiger partial charge in [0.25, 0.3) is 11.1 Å². The predicted molar refractivity (Wildman–Crippen MR) is 113 cm³/mol. The number of hydrogen-bond acceptors (Lipinski definition) is 6. The number of aryl methyl sites for hydroxylation is 1. The molecule has 1 atom stereocenters. The van der Waals surface area contributed by atoms with Gasteiger partial charge < -0.3 is 10.6 Å². The quantitative estimate of drug-likeness (QED) is 0.401. The van der Waals surface area contributed by atoms with E-state index in [4.69, 9.17) is 0 Å². The van der Waals surface area contributed by atoms with Crippen LogP contribution >= 0.6 is 0 Å². The number of fused-ring (bicyclic) bond motifs is 1. The predicted octanol–water partition coefficient (Wildman–Crippen LogP) is 2.65. The fourth-order valence-corrected chi connectivity index (χ4v) is 3.28. The fourth-order valence-electron chi connectivity index (χ4n) is 3.28. The second-order valence-electron chi connectivity index (χ2n) is 6.69. The van der Waals surface area contributed by atoms with Crippen LogP contribution in [-0.4, -0.2) is 25.2 Å². The van der Waals surface area contributed by atoms with Crippen molar-refractivity contribution in [3.05, 3.63) is 74.8 Å². The first kappa shape index (κ1) is 18.5. The summed E-state index contributed by atoms with van der Waals surface area (Å²) < 4.78 is 1.17. The van der Waals surface area contributed by atoms with E-state index >= 15 is 0 Å². The summed E-state index contributed by atoms with van der Waals surface area (Å²) in [7, 11) is 1.51. The highest BCUT2D eigenvalue weighted by atomic mass is 16.2. The first-order valence-electron chi connectivity index (χ1n) is 9.29. The zero-order valence-electron chi connectivity index (χ0n) is 16.1. The Labute approximate surface area is 165 Å². The van der Waals surface area contributed by atoms with Gasteiger partial charge in [-0.2, -0.15) is 15.4 Å². The Balaban J connectivity index is 1.80. The highest BCUT2D eigenvalue weighted by molar-refractivity contribution is 5.90. The summed E-state index contributed by atoms with van der Waals surface area (Å²) in [6, 6.07) is 15.1. The van der Waals surface area contributed by atoms with Crippen molar-refractivity contribution in [2.45, 2.75) is 19.4 Å². The molecule has 1 unspecified atom stereocenters. The molecule has 148 valence electrons. The Morgan fingerprint density at radius 2 is 1.83 bits per heavy atom. The number of nitrogens with one attached hydrogen (secondary N) is 4. The molecule has 0 amide bonds. The second kappa shape index (κ2) is 7.63. The number of aromatic amines is 2. The number of anilines is 3. The van der Waals surface area contributed by atoms with Gasteiger partial charge in [-0.3, -0.25) is 19.4 Å². The summed E-state index contributed by atoms with van der Waals surface area (Å²) >= 11 is 0. The number of nitrogens with zero attached hydrogens (tertiary/aromatic N) is 3. The van der Waals surface area contributed by atoms with Crippen LogP contribution in [0.3, 0.4) is 0 Å². The number of benzene rings is 2. The Kier molecular flexibility index (Phi) is 4.86. The van der Waals surface area contributed by atoms with E-state index < -0.39 is 5.56 Å². The summed E-state index contributed by atoms with van der Waals surface area (Å²) in [6.07, 6.45) is 0.734. The minimum absolute atomic E-state index is 0.130. The molecule has 0 aliphatic carbocycles. The molecule has 2 aromatic carbocycles. The van der Waals surface area contributed by atoms with Gasteiger partial charge in [0.1, 0.15) is 22.4 Å². The standard InChI is InChI=1S/C20H21N7O2/c1-3-13(12-8-5-4-6-9-12)21-18-17(19(28)25-27(2)20(18)29)22-14-10-7-11-15-16(14)24-26-23-15/h4-11,13,21-22H,3H2,1-2H3,(H,25,28)(H,23,24,26). The van der Waals surface area contributed by atoms with Crippen molar-refractivity contribution in [1.29, 1.82) is 0 Å². The van der Waals surface area contributed by atoms with Crippen molar-refractivity contribution in [3.63, 3.8) is 0 Å². The maximum atomic E-state index is 12.9. The van der Waals surface area contributed by atoms with Crippen molar-refractivity contribution in [2.75, 3.05) is 10.6 Å². The van der Waals surface area contributed by atoms with Gasteiger partial charge in [-0.1, -0.05) is 43.3 Å². The SMILES string of the molecule is CCC(Nc1c(Nc2cccc3n[nH]nc23)c(=O)[nH]n(C)c1=O)c1ccccc1. The van der Waals surface area contributed by atoms with Gasteiger partial charge in [-0.25, -0.2) is 0 Å². The van der Waals surface area contributed by atoms with E-state index in [1.807, 2.05) is 37.3 Å². The van der Waals surface area contributed by atoms with E-state index in [0.717, 1.165) is 12.0 Å². The molecule has 0 saturated heterocycles. The Hall–Kier alpha value is -3.88. The maximum absolute atomic E-state index is 12.9. The number of para-hydroxylation sites is 1. The highest BCUT2D eigenvalue weighted by Crippen LogP contribution is 2.27.